The van der Waals surface area contributed by atoms with Crippen LogP contribution in [0.15, 0.2) is 18.3 Å². The third kappa shape index (κ3) is 2.57. The molecule has 1 heterocycles. The lowest BCUT2D eigenvalue weighted by Crippen LogP contribution is -2.44. The number of carbonyl (C=O) groups excluding carboxylic acids is 1. The normalized spacial score (nSPS) is 13.6. The Bertz CT molecular complexity index is 436. The smallest absolute Gasteiger partial charge is 0.271 e. The molecule has 16 heavy (non-hydrogen) atoms. The van der Waals surface area contributed by atoms with Gasteiger partial charge in [0.05, 0.1) is 6.07 Å². The van der Waals surface area contributed by atoms with E-state index in [4.69, 9.17) is 5.26 Å². The summed E-state index contributed by atoms with van der Waals surface area (Å²) in [6, 6.07) is 5.68. The predicted molar refractivity (Wildman–Crippen MR) is 60.7 cm³/mol. The Kier molecular flexibility index (Phi) is 3.62. The van der Waals surface area contributed by atoms with Crippen LogP contribution < -0.4 is 5.32 Å². The number of nitriles is 1. The summed E-state index contributed by atoms with van der Waals surface area (Å²) in [7, 11) is 0. The number of rotatable bonds is 3. The van der Waals surface area contributed by atoms with Gasteiger partial charge in [-0.1, -0.05) is 13.0 Å². The molecule has 0 aromatic carbocycles. The highest BCUT2D eigenvalue weighted by Gasteiger charge is 2.25. The molecule has 0 radical (unpaired) electrons. The highest BCUT2D eigenvalue weighted by molar-refractivity contribution is 5.94. The van der Waals surface area contributed by atoms with Crippen LogP contribution in [0, 0.1) is 18.3 Å². The molecule has 1 rings (SSSR count). The second-order valence-corrected chi connectivity index (χ2v) is 3.92. The number of carbonyl (C=O) groups is 1. The number of hydrogen-bond donors (Lipinski definition) is 1. The van der Waals surface area contributed by atoms with E-state index in [9.17, 15) is 4.79 Å². The third-order valence-corrected chi connectivity index (χ3v) is 2.57. The first-order chi connectivity index (χ1) is 7.52. The van der Waals surface area contributed by atoms with Crippen LogP contribution >= 0.6 is 0 Å². The average molecular weight is 217 g/mol. The van der Waals surface area contributed by atoms with Gasteiger partial charge in [0.2, 0.25) is 0 Å². The maximum absolute atomic E-state index is 11.9. The van der Waals surface area contributed by atoms with Crippen LogP contribution in [0.5, 0.6) is 0 Å². The van der Waals surface area contributed by atoms with Gasteiger partial charge >= 0.3 is 0 Å². The van der Waals surface area contributed by atoms with Crippen LogP contribution in [0.2, 0.25) is 0 Å². The fourth-order valence-electron chi connectivity index (χ4n) is 1.23. The molecule has 84 valence electrons. The fourth-order valence-corrected chi connectivity index (χ4v) is 1.23. The number of amides is 1. The van der Waals surface area contributed by atoms with Gasteiger partial charge in [-0.25, -0.2) is 0 Å². The molecule has 4 nitrogen and oxygen atoms in total. The number of nitrogens with one attached hydrogen (secondary N) is 1. The molecular weight excluding hydrogens is 202 g/mol. The topological polar surface area (TPSA) is 65.8 Å². The first-order valence-electron chi connectivity index (χ1n) is 5.18. The number of pyridine rings is 1. The van der Waals surface area contributed by atoms with Gasteiger partial charge in [0.15, 0.2) is 0 Å². The summed E-state index contributed by atoms with van der Waals surface area (Å²) in [6.07, 6.45) is 2.12. The van der Waals surface area contributed by atoms with Crippen molar-refractivity contribution in [2.24, 2.45) is 0 Å². The molecule has 4 heteroatoms. The molecule has 0 spiro atoms. The van der Waals surface area contributed by atoms with Gasteiger partial charge < -0.3 is 5.32 Å². The van der Waals surface area contributed by atoms with Crippen LogP contribution in [-0.2, 0) is 0 Å². The van der Waals surface area contributed by atoms with Crippen molar-refractivity contribution in [3.8, 4) is 6.07 Å². The Morgan fingerprint density at radius 2 is 2.38 bits per heavy atom. The summed E-state index contributed by atoms with van der Waals surface area (Å²) < 4.78 is 0. The average Bonchev–Trinajstić information content (AvgIpc) is 2.29. The molecule has 1 aromatic rings. The van der Waals surface area contributed by atoms with E-state index >= 15 is 0 Å². The van der Waals surface area contributed by atoms with Gasteiger partial charge in [-0.3, -0.25) is 9.78 Å². The minimum atomic E-state index is -0.832. The van der Waals surface area contributed by atoms with Gasteiger partial charge in [0.25, 0.3) is 5.91 Å². The molecule has 0 bridgehead atoms. The van der Waals surface area contributed by atoms with Crippen molar-refractivity contribution < 1.29 is 4.79 Å². The highest BCUT2D eigenvalue weighted by Crippen LogP contribution is 2.10. The maximum atomic E-state index is 11.9. The molecule has 1 amide bonds. The van der Waals surface area contributed by atoms with Crippen LogP contribution in [0.4, 0.5) is 0 Å². The van der Waals surface area contributed by atoms with Crippen molar-refractivity contribution >= 4 is 5.91 Å². The van der Waals surface area contributed by atoms with Gasteiger partial charge in [-0.05, 0) is 31.9 Å². The highest BCUT2D eigenvalue weighted by atomic mass is 16.2. The zero-order valence-corrected chi connectivity index (χ0v) is 9.74. The first kappa shape index (κ1) is 12.2. The van der Waals surface area contributed by atoms with Crippen molar-refractivity contribution in [1.82, 2.24) is 10.3 Å². The summed E-state index contributed by atoms with van der Waals surface area (Å²) in [6.45, 7) is 5.37. The Balaban J connectivity index is 2.90. The van der Waals surface area contributed by atoms with Crippen molar-refractivity contribution in [2.75, 3.05) is 0 Å². The van der Waals surface area contributed by atoms with Crippen LogP contribution in [0.25, 0.3) is 0 Å². The van der Waals surface area contributed by atoms with E-state index in [1.54, 1.807) is 19.2 Å². The van der Waals surface area contributed by atoms with E-state index in [0.29, 0.717) is 12.1 Å². The molecule has 0 aliphatic rings. The van der Waals surface area contributed by atoms with Gasteiger partial charge in [0.1, 0.15) is 11.2 Å². The lowest BCUT2D eigenvalue weighted by Gasteiger charge is -2.21. The Hall–Kier alpha value is -1.89. The van der Waals surface area contributed by atoms with E-state index in [1.165, 1.54) is 0 Å². The molecule has 0 fully saturated rings. The molecular formula is C12H15N3O. The van der Waals surface area contributed by atoms with Crippen molar-refractivity contribution in [3.63, 3.8) is 0 Å². The maximum Gasteiger partial charge on any atom is 0.271 e. The second-order valence-electron chi connectivity index (χ2n) is 3.92. The van der Waals surface area contributed by atoms with Gasteiger partial charge in [-0.15, -0.1) is 0 Å². The fraction of sp³-hybridized carbons (Fsp3) is 0.417. The standard InChI is InChI=1S/C12H15N3O/c1-4-12(3,8-13)15-11(16)10-9(2)6-5-7-14-10/h5-7H,4H2,1-3H3,(H,15,16). The van der Waals surface area contributed by atoms with Gasteiger partial charge in [-0.2, -0.15) is 5.26 Å². The zero-order valence-electron chi connectivity index (χ0n) is 9.74. The summed E-state index contributed by atoms with van der Waals surface area (Å²) in [4.78, 5) is 15.9. The number of aryl methyl sites for hydroxylation is 1. The minimum Gasteiger partial charge on any atom is -0.333 e. The van der Waals surface area contributed by atoms with Crippen LogP contribution in [-0.4, -0.2) is 16.4 Å². The molecule has 1 aromatic heterocycles. The van der Waals surface area contributed by atoms with E-state index in [1.807, 2.05) is 19.9 Å². The number of hydrogen-bond acceptors (Lipinski definition) is 3. The lowest BCUT2D eigenvalue weighted by molar-refractivity contribution is 0.0917. The summed E-state index contributed by atoms with van der Waals surface area (Å²) in [5.41, 5.74) is 0.343. The summed E-state index contributed by atoms with van der Waals surface area (Å²) >= 11 is 0. The van der Waals surface area contributed by atoms with Crippen molar-refractivity contribution in [1.29, 1.82) is 5.26 Å². The Labute approximate surface area is 95.3 Å². The minimum absolute atomic E-state index is 0.302. The van der Waals surface area contributed by atoms with E-state index in [0.717, 1.165) is 5.56 Å². The molecule has 0 aliphatic carbocycles. The van der Waals surface area contributed by atoms with E-state index < -0.39 is 5.54 Å². The van der Waals surface area contributed by atoms with Crippen molar-refractivity contribution in [3.05, 3.63) is 29.6 Å². The summed E-state index contributed by atoms with van der Waals surface area (Å²) in [5.74, 6) is -0.302. The van der Waals surface area contributed by atoms with Crippen LogP contribution in [0.3, 0.4) is 0 Å². The lowest BCUT2D eigenvalue weighted by atomic mass is 10.0. The Morgan fingerprint density at radius 3 is 2.88 bits per heavy atom. The monoisotopic (exact) mass is 217 g/mol. The first-order valence-corrected chi connectivity index (χ1v) is 5.18. The number of nitrogens with zero attached hydrogens (tertiary/aromatic N) is 2. The molecule has 0 saturated heterocycles. The van der Waals surface area contributed by atoms with E-state index in [-0.39, 0.29) is 5.91 Å². The number of aromatic nitrogens is 1. The summed E-state index contributed by atoms with van der Waals surface area (Å²) in [5, 5.41) is 11.7. The largest absolute Gasteiger partial charge is 0.333 e. The predicted octanol–water partition coefficient (Wildman–Crippen LogP) is 1.81. The molecule has 1 atom stereocenters. The van der Waals surface area contributed by atoms with E-state index in [2.05, 4.69) is 16.4 Å². The molecule has 1 unspecified atom stereocenters. The molecule has 0 saturated carbocycles. The van der Waals surface area contributed by atoms with Crippen molar-refractivity contribution in [2.45, 2.75) is 32.7 Å². The second kappa shape index (κ2) is 4.75. The molecule has 0 aliphatic heterocycles. The quantitative estimate of drug-likeness (QED) is 0.839. The van der Waals surface area contributed by atoms with Gasteiger partial charge in [0, 0.05) is 6.20 Å². The van der Waals surface area contributed by atoms with Crippen LogP contribution in [0.1, 0.15) is 36.3 Å². The molecule has 1 N–H and O–H groups in total. The SMILES string of the molecule is CCC(C)(C#N)NC(=O)c1ncccc1C. The zero-order chi connectivity index (χ0) is 12.2. The third-order valence-electron chi connectivity index (χ3n) is 2.57. The Morgan fingerprint density at radius 1 is 1.69 bits per heavy atom.